The first-order valence-electron chi connectivity index (χ1n) is 3.44. The van der Waals surface area contributed by atoms with Crippen LogP contribution in [0.3, 0.4) is 0 Å². The molecule has 3 N–H and O–H groups in total. The van der Waals surface area contributed by atoms with E-state index in [4.69, 9.17) is 10.8 Å². The van der Waals surface area contributed by atoms with Crippen LogP contribution in [0.25, 0.3) is 0 Å². The second-order valence-corrected chi connectivity index (χ2v) is 2.31. The van der Waals surface area contributed by atoms with E-state index in [9.17, 15) is 4.79 Å². The molecule has 0 amide bonds. The topological polar surface area (TPSA) is 89.1 Å². The number of rotatable bonds is 3. The van der Waals surface area contributed by atoms with E-state index in [1.165, 1.54) is 0 Å². The molecule has 0 spiro atoms. The number of hydrogen-bond donors (Lipinski definition) is 2. The lowest BCUT2D eigenvalue weighted by atomic mass is 10.2. The standard InChI is InChI=1S/C7H9N3O2/c8-5(7(11)12)4-6-9-2-1-3-10-6/h1-3,5H,4,8H2,(H,11,12). The Morgan fingerprint density at radius 1 is 1.58 bits per heavy atom. The van der Waals surface area contributed by atoms with Crippen molar-refractivity contribution < 1.29 is 9.90 Å². The van der Waals surface area contributed by atoms with Gasteiger partial charge in [-0.1, -0.05) is 0 Å². The molecule has 1 heterocycles. The van der Waals surface area contributed by atoms with Gasteiger partial charge in [0, 0.05) is 18.8 Å². The van der Waals surface area contributed by atoms with Crippen LogP contribution in [0.4, 0.5) is 0 Å². The molecule has 12 heavy (non-hydrogen) atoms. The summed E-state index contributed by atoms with van der Waals surface area (Å²) in [7, 11) is 0. The number of carbonyl (C=O) groups is 1. The maximum atomic E-state index is 10.3. The van der Waals surface area contributed by atoms with Crippen molar-refractivity contribution in [1.82, 2.24) is 9.97 Å². The average Bonchev–Trinajstić information content (AvgIpc) is 2.06. The molecule has 1 aromatic heterocycles. The van der Waals surface area contributed by atoms with E-state index < -0.39 is 12.0 Å². The minimum atomic E-state index is -1.04. The average molecular weight is 167 g/mol. The maximum Gasteiger partial charge on any atom is 0.320 e. The lowest BCUT2D eigenvalue weighted by Crippen LogP contribution is -2.32. The predicted octanol–water partition coefficient (Wildman–Crippen LogP) is -0.569. The summed E-state index contributed by atoms with van der Waals surface area (Å²) >= 11 is 0. The van der Waals surface area contributed by atoms with Gasteiger partial charge in [-0.3, -0.25) is 4.79 Å². The molecule has 0 bridgehead atoms. The number of aromatic nitrogens is 2. The summed E-state index contributed by atoms with van der Waals surface area (Å²) in [6.07, 6.45) is 3.27. The highest BCUT2D eigenvalue weighted by Crippen LogP contribution is 1.92. The number of aliphatic carboxylic acids is 1. The Morgan fingerprint density at radius 2 is 2.17 bits per heavy atom. The Labute approximate surface area is 69.3 Å². The van der Waals surface area contributed by atoms with Crippen LogP contribution >= 0.6 is 0 Å². The van der Waals surface area contributed by atoms with Crippen molar-refractivity contribution in [1.29, 1.82) is 0 Å². The second-order valence-electron chi connectivity index (χ2n) is 2.31. The fraction of sp³-hybridized carbons (Fsp3) is 0.286. The fourth-order valence-corrected chi connectivity index (χ4v) is 0.719. The highest BCUT2D eigenvalue weighted by atomic mass is 16.4. The molecule has 1 rings (SSSR count). The van der Waals surface area contributed by atoms with Gasteiger partial charge in [0.2, 0.25) is 0 Å². The quantitative estimate of drug-likeness (QED) is 0.629. The first-order chi connectivity index (χ1) is 5.70. The van der Waals surface area contributed by atoms with E-state index >= 15 is 0 Å². The van der Waals surface area contributed by atoms with Crippen LogP contribution in [0.5, 0.6) is 0 Å². The molecule has 0 fully saturated rings. The molecule has 0 aliphatic heterocycles. The van der Waals surface area contributed by atoms with Gasteiger partial charge in [-0.25, -0.2) is 9.97 Å². The van der Waals surface area contributed by atoms with Crippen LogP contribution in [-0.4, -0.2) is 27.1 Å². The van der Waals surface area contributed by atoms with E-state index in [1.54, 1.807) is 18.5 Å². The molecule has 5 nitrogen and oxygen atoms in total. The molecule has 0 aliphatic carbocycles. The molecule has 64 valence electrons. The van der Waals surface area contributed by atoms with Gasteiger partial charge in [-0.05, 0) is 6.07 Å². The summed E-state index contributed by atoms with van der Waals surface area (Å²) in [5.41, 5.74) is 5.27. The smallest absolute Gasteiger partial charge is 0.320 e. The van der Waals surface area contributed by atoms with Gasteiger partial charge >= 0.3 is 5.97 Å². The van der Waals surface area contributed by atoms with Crippen molar-refractivity contribution in [3.8, 4) is 0 Å². The zero-order chi connectivity index (χ0) is 8.97. The molecule has 1 unspecified atom stereocenters. The summed E-state index contributed by atoms with van der Waals surface area (Å²) < 4.78 is 0. The molecule has 0 saturated carbocycles. The van der Waals surface area contributed by atoms with E-state index in [-0.39, 0.29) is 6.42 Å². The third kappa shape index (κ3) is 2.28. The molecule has 0 saturated heterocycles. The normalized spacial score (nSPS) is 12.4. The summed E-state index contributed by atoms with van der Waals surface area (Å²) in [6.45, 7) is 0. The molecular weight excluding hydrogens is 158 g/mol. The fourth-order valence-electron chi connectivity index (χ4n) is 0.719. The lowest BCUT2D eigenvalue weighted by molar-refractivity contribution is -0.138. The van der Waals surface area contributed by atoms with Gasteiger partial charge in [-0.15, -0.1) is 0 Å². The Hall–Kier alpha value is -1.49. The maximum absolute atomic E-state index is 10.3. The van der Waals surface area contributed by atoms with Gasteiger partial charge in [0.05, 0.1) is 0 Å². The van der Waals surface area contributed by atoms with Crippen LogP contribution in [0, 0.1) is 0 Å². The molecule has 1 atom stereocenters. The molecule has 1 aromatic rings. The SMILES string of the molecule is NC(Cc1ncccn1)C(=O)O. The monoisotopic (exact) mass is 167 g/mol. The van der Waals surface area contributed by atoms with E-state index in [2.05, 4.69) is 9.97 Å². The first kappa shape index (κ1) is 8.61. The lowest BCUT2D eigenvalue weighted by Gasteiger charge is -2.03. The number of nitrogens with two attached hydrogens (primary N) is 1. The van der Waals surface area contributed by atoms with E-state index in [0.717, 1.165) is 0 Å². The van der Waals surface area contributed by atoms with Gasteiger partial charge in [0.25, 0.3) is 0 Å². The van der Waals surface area contributed by atoms with Crippen molar-refractivity contribution in [3.05, 3.63) is 24.3 Å². The Kier molecular flexibility index (Phi) is 2.71. The van der Waals surface area contributed by atoms with E-state index in [0.29, 0.717) is 5.82 Å². The molecule has 5 heteroatoms. The molecule has 0 aliphatic rings. The van der Waals surface area contributed by atoms with Crippen LogP contribution in [-0.2, 0) is 11.2 Å². The first-order valence-corrected chi connectivity index (χ1v) is 3.44. The minimum Gasteiger partial charge on any atom is -0.480 e. The number of nitrogens with zero attached hydrogens (tertiary/aromatic N) is 2. The van der Waals surface area contributed by atoms with Gasteiger partial charge < -0.3 is 10.8 Å². The van der Waals surface area contributed by atoms with Crippen molar-refractivity contribution in [3.63, 3.8) is 0 Å². The molecular formula is C7H9N3O2. The molecule has 0 radical (unpaired) electrons. The predicted molar refractivity (Wildman–Crippen MR) is 41.3 cm³/mol. The van der Waals surface area contributed by atoms with Crippen molar-refractivity contribution in [2.45, 2.75) is 12.5 Å². The van der Waals surface area contributed by atoms with Crippen molar-refractivity contribution in [2.24, 2.45) is 5.73 Å². The Bertz CT molecular complexity index is 263. The van der Waals surface area contributed by atoms with Crippen LogP contribution in [0.2, 0.25) is 0 Å². The summed E-state index contributed by atoms with van der Waals surface area (Å²) in [5.74, 6) is -0.588. The summed E-state index contributed by atoms with van der Waals surface area (Å²) in [6, 6.07) is 0.739. The minimum absolute atomic E-state index is 0.163. The summed E-state index contributed by atoms with van der Waals surface area (Å²) in [5, 5.41) is 8.46. The number of carboxylic acid groups (broad SMARTS) is 1. The van der Waals surface area contributed by atoms with Crippen LogP contribution in [0.15, 0.2) is 18.5 Å². The molecule has 0 aromatic carbocycles. The van der Waals surface area contributed by atoms with Crippen LogP contribution < -0.4 is 5.73 Å². The number of carboxylic acids is 1. The van der Waals surface area contributed by atoms with Crippen molar-refractivity contribution in [2.75, 3.05) is 0 Å². The van der Waals surface area contributed by atoms with Crippen LogP contribution in [0.1, 0.15) is 5.82 Å². The highest BCUT2D eigenvalue weighted by molar-refractivity contribution is 5.73. The van der Waals surface area contributed by atoms with Gasteiger partial charge in [-0.2, -0.15) is 0 Å². The highest BCUT2D eigenvalue weighted by Gasteiger charge is 2.12. The Morgan fingerprint density at radius 3 is 2.67 bits per heavy atom. The zero-order valence-corrected chi connectivity index (χ0v) is 6.34. The third-order valence-corrected chi connectivity index (χ3v) is 1.34. The Balaban J connectivity index is 2.58. The second kappa shape index (κ2) is 3.77. The van der Waals surface area contributed by atoms with Crippen molar-refractivity contribution >= 4 is 5.97 Å². The summed E-state index contributed by atoms with van der Waals surface area (Å²) in [4.78, 5) is 18.0. The largest absolute Gasteiger partial charge is 0.480 e. The zero-order valence-electron chi connectivity index (χ0n) is 6.34. The van der Waals surface area contributed by atoms with E-state index in [1.807, 2.05) is 0 Å². The van der Waals surface area contributed by atoms with Gasteiger partial charge in [0.1, 0.15) is 11.9 Å². The van der Waals surface area contributed by atoms with Gasteiger partial charge in [0.15, 0.2) is 0 Å². The number of hydrogen-bond acceptors (Lipinski definition) is 4. The third-order valence-electron chi connectivity index (χ3n) is 1.34.